The molecule has 1 aromatic heterocycles. The molecule has 1 aliphatic carbocycles. The molecule has 2 aromatic rings. The third-order valence-corrected chi connectivity index (χ3v) is 5.15. The molecule has 0 saturated heterocycles. The predicted molar refractivity (Wildman–Crippen MR) is 89.1 cm³/mol. The Labute approximate surface area is 127 Å². The molecule has 0 radical (unpaired) electrons. The summed E-state index contributed by atoms with van der Waals surface area (Å²) in [5, 5.41) is 1.22. The minimum Gasteiger partial charge on any atom is -0.327 e. The van der Waals surface area contributed by atoms with Crippen molar-refractivity contribution in [2.75, 3.05) is 0 Å². The van der Waals surface area contributed by atoms with Gasteiger partial charge in [0.05, 0.1) is 5.52 Å². The molecule has 1 saturated carbocycles. The second-order valence-corrected chi connectivity index (χ2v) is 6.94. The first kappa shape index (κ1) is 14.5. The maximum Gasteiger partial charge on any atom is 0.0705 e. The number of benzene rings is 1. The van der Waals surface area contributed by atoms with E-state index in [4.69, 9.17) is 10.7 Å². The standard InChI is InChI=1S/C19H26N2/c1-13(2)15-8-10-18(20)16(11-15)12-17-9-7-14-5-3-4-6-19(14)21-17/h3-7,9,13,15-16,18H,8,10-12,20H2,1-2H3. The van der Waals surface area contributed by atoms with Crippen LogP contribution in [-0.4, -0.2) is 11.0 Å². The maximum absolute atomic E-state index is 6.37. The lowest BCUT2D eigenvalue weighted by Crippen LogP contribution is -2.38. The molecule has 2 heteroatoms. The van der Waals surface area contributed by atoms with E-state index in [1.54, 1.807) is 0 Å². The zero-order valence-corrected chi connectivity index (χ0v) is 13.1. The van der Waals surface area contributed by atoms with E-state index < -0.39 is 0 Å². The van der Waals surface area contributed by atoms with Crippen LogP contribution in [0.25, 0.3) is 10.9 Å². The Morgan fingerprint density at radius 1 is 1.14 bits per heavy atom. The van der Waals surface area contributed by atoms with E-state index in [9.17, 15) is 0 Å². The van der Waals surface area contributed by atoms with Crippen molar-refractivity contribution in [3.05, 3.63) is 42.1 Å². The average molecular weight is 282 g/mol. The van der Waals surface area contributed by atoms with E-state index in [1.165, 1.54) is 30.3 Å². The Bertz CT molecular complexity index is 605. The van der Waals surface area contributed by atoms with E-state index in [0.29, 0.717) is 12.0 Å². The van der Waals surface area contributed by atoms with Gasteiger partial charge in [-0.2, -0.15) is 0 Å². The molecule has 1 aliphatic rings. The number of nitrogens with zero attached hydrogens (tertiary/aromatic N) is 1. The van der Waals surface area contributed by atoms with Crippen LogP contribution in [0.3, 0.4) is 0 Å². The molecule has 1 heterocycles. The molecule has 3 unspecified atom stereocenters. The highest BCUT2D eigenvalue weighted by Crippen LogP contribution is 2.34. The smallest absolute Gasteiger partial charge is 0.0705 e. The lowest BCUT2D eigenvalue weighted by molar-refractivity contribution is 0.189. The fourth-order valence-electron chi connectivity index (χ4n) is 3.65. The van der Waals surface area contributed by atoms with Crippen molar-refractivity contribution in [2.24, 2.45) is 23.5 Å². The lowest BCUT2D eigenvalue weighted by Gasteiger charge is -2.36. The van der Waals surface area contributed by atoms with Crippen LogP contribution in [0.5, 0.6) is 0 Å². The van der Waals surface area contributed by atoms with Gasteiger partial charge >= 0.3 is 0 Å². The summed E-state index contributed by atoms with van der Waals surface area (Å²) in [4.78, 5) is 4.82. The van der Waals surface area contributed by atoms with Crippen LogP contribution in [0.15, 0.2) is 36.4 Å². The van der Waals surface area contributed by atoms with Crippen molar-refractivity contribution in [2.45, 2.75) is 45.6 Å². The summed E-state index contributed by atoms with van der Waals surface area (Å²) >= 11 is 0. The van der Waals surface area contributed by atoms with Crippen LogP contribution >= 0.6 is 0 Å². The zero-order valence-electron chi connectivity index (χ0n) is 13.1. The molecule has 0 aliphatic heterocycles. The van der Waals surface area contributed by atoms with Crippen LogP contribution in [0.4, 0.5) is 0 Å². The quantitative estimate of drug-likeness (QED) is 0.917. The number of pyridine rings is 1. The van der Waals surface area contributed by atoms with Crippen molar-refractivity contribution in [1.29, 1.82) is 0 Å². The van der Waals surface area contributed by atoms with Gasteiger partial charge in [-0.05, 0) is 55.6 Å². The number of nitrogens with two attached hydrogens (primary N) is 1. The lowest BCUT2D eigenvalue weighted by atomic mass is 9.72. The second-order valence-electron chi connectivity index (χ2n) is 6.94. The first-order chi connectivity index (χ1) is 10.1. The number of fused-ring (bicyclic) bond motifs is 1. The van der Waals surface area contributed by atoms with Crippen molar-refractivity contribution in [1.82, 2.24) is 4.98 Å². The molecule has 112 valence electrons. The molecular weight excluding hydrogens is 256 g/mol. The maximum atomic E-state index is 6.37. The van der Waals surface area contributed by atoms with Crippen LogP contribution in [0.2, 0.25) is 0 Å². The highest BCUT2D eigenvalue weighted by Gasteiger charge is 2.29. The summed E-state index contributed by atoms with van der Waals surface area (Å²) < 4.78 is 0. The molecular formula is C19H26N2. The van der Waals surface area contributed by atoms with Gasteiger partial charge in [0.1, 0.15) is 0 Å². The fraction of sp³-hybridized carbons (Fsp3) is 0.526. The monoisotopic (exact) mass is 282 g/mol. The third kappa shape index (κ3) is 3.26. The van der Waals surface area contributed by atoms with Gasteiger partial charge in [0.2, 0.25) is 0 Å². The van der Waals surface area contributed by atoms with E-state index in [2.05, 4.69) is 50.2 Å². The number of hydrogen-bond acceptors (Lipinski definition) is 2. The summed E-state index contributed by atoms with van der Waals surface area (Å²) in [6.07, 6.45) is 4.74. The molecule has 3 atom stereocenters. The molecule has 3 rings (SSSR count). The number of hydrogen-bond donors (Lipinski definition) is 1. The first-order valence-electron chi connectivity index (χ1n) is 8.23. The molecule has 1 aromatic carbocycles. The summed E-state index contributed by atoms with van der Waals surface area (Å²) in [5.41, 5.74) is 8.66. The van der Waals surface area contributed by atoms with Crippen molar-refractivity contribution in [3.63, 3.8) is 0 Å². The minimum absolute atomic E-state index is 0.341. The molecule has 21 heavy (non-hydrogen) atoms. The Kier molecular flexibility index (Phi) is 4.25. The highest BCUT2D eigenvalue weighted by molar-refractivity contribution is 5.78. The van der Waals surface area contributed by atoms with Gasteiger partial charge in [-0.3, -0.25) is 4.98 Å². The van der Waals surface area contributed by atoms with Crippen molar-refractivity contribution >= 4 is 10.9 Å². The van der Waals surface area contributed by atoms with Gasteiger partial charge in [0.25, 0.3) is 0 Å². The van der Waals surface area contributed by atoms with Gasteiger partial charge in [-0.15, -0.1) is 0 Å². The van der Waals surface area contributed by atoms with Crippen molar-refractivity contribution < 1.29 is 0 Å². The topological polar surface area (TPSA) is 38.9 Å². The fourth-order valence-corrected chi connectivity index (χ4v) is 3.65. The zero-order chi connectivity index (χ0) is 14.8. The van der Waals surface area contributed by atoms with Crippen LogP contribution in [0, 0.1) is 17.8 Å². The molecule has 0 spiro atoms. The van der Waals surface area contributed by atoms with E-state index in [1.807, 2.05) is 0 Å². The summed E-state index contributed by atoms with van der Waals surface area (Å²) in [6, 6.07) is 13.0. The Morgan fingerprint density at radius 2 is 1.95 bits per heavy atom. The molecule has 2 nitrogen and oxygen atoms in total. The molecule has 2 N–H and O–H groups in total. The molecule has 0 amide bonds. The normalized spacial score (nSPS) is 26.4. The Hall–Kier alpha value is -1.41. The van der Waals surface area contributed by atoms with Crippen LogP contribution in [-0.2, 0) is 6.42 Å². The Morgan fingerprint density at radius 3 is 2.76 bits per heavy atom. The van der Waals surface area contributed by atoms with E-state index in [0.717, 1.165) is 23.8 Å². The summed E-state index contributed by atoms with van der Waals surface area (Å²) in [6.45, 7) is 4.68. The van der Waals surface area contributed by atoms with Crippen LogP contribution in [0.1, 0.15) is 38.8 Å². The molecule has 1 fully saturated rings. The largest absolute Gasteiger partial charge is 0.327 e. The van der Waals surface area contributed by atoms with Gasteiger partial charge < -0.3 is 5.73 Å². The summed E-state index contributed by atoms with van der Waals surface area (Å²) in [7, 11) is 0. The van der Waals surface area contributed by atoms with E-state index in [-0.39, 0.29) is 0 Å². The Balaban J connectivity index is 1.76. The van der Waals surface area contributed by atoms with Gasteiger partial charge in [0.15, 0.2) is 0 Å². The SMILES string of the molecule is CC(C)C1CCC(N)C(Cc2ccc3ccccc3n2)C1. The van der Waals surface area contributed by atoms with Gasteiger partial charge in [-0.1, -0.05) is 38.1 Å². The average Bonchev–Trinajstić information content (AvgIpc) is 2.49. The summed E-state index contributed by atoms with van der Waals surface area (Å²) in [5.74, 6) is 2.18. The van der Waals surface area contributed by atoms with Crippen molar-refractivity contribution in [3.8, 4) is 0 Å². The minimum atomic E-state index is 0.341. The number of aromatic nitrogens is 1. The van der Waals surface area contributed by atoms with Gasteiger partial charge in [-0.25, -0.2) is 0 Å². The number of rotatable bonds is 3. The first-order valence-corrected chi connectivity index (χ1v) is 8.23. The van der Waals surface area contributed by atoms with E-state index >= 15 is 0 Å². The second kappa shape index (κ2) is 6.15. The molecule has 0 bridgehead atoms. The third-order valence-electron chi connectivity index (χ3n) is 5.15. The number of para-hydroxylation sites is 1. The predicted octanol–water partition coefficient (Wildman–Crippen LogP) is 4.18. The van der Waals surface area contributed by atoms with Crippen LogP contribution < -0.4 is 5.73 Å². The highest BCUT2D eigenvalue weighted by atomic mass is 14.7. The van der Waals surface area contributed by atoms with Gasteiger partial charge in [0, 0.05) is 17.1 Å².